The van der Waals surface area contributed by atoms with E-state index >= 15 is 0 Å². The van der Waals surface area contributed by atoms with E-state index in [1.165, 1.54) is 18.2 Å². The van der Waals surface area contributed by atoms with Crippen LogP contribution in [0, 0.1) is 0 Å². The van der Waals surface area contributed by atoms with E-state index < -0.39 is 34.8 Å². The summed E-state index contributed by atoms with van der Waals surface area (Å²) in [5.74, 6) is -3.53. The number of carbonyl (C=O) groups is 4. The van der Waals surface area contributed by atoms with Gasteiger partial charge in [-0.1, -0.05) is 48.5 Å². The number of esters is 1. The van der Waals surface area contributed by atoms with E-state index in [2.05, 4.69) is 10.6 Å². The van der Waals surface area contributed by atoms with Gasteiger partial charge in [0.1, 0.15) is 0 Å². The smallest absolute Gasteiger partial charge is 0.335 e. The maximum absolute atomic E-state index is 13.1. The van der Waals surface area contributed by atoms with Crippen molar-refractivity contribution < 1.29 is 29.0 Å². The Morgan fingerprint density at radius 2 is 1.72 bits per heavy atom. The number of hydrogen-bond donors (Lipinski definition) is 3. The molecule has 0 saturated carbocycles. The fourth-order valence-electron chi connectivity index (χ4n) is 3.71. The molecule has 1 heterocycles. The summed E-state index contributed by atoms with van der Waals surface area (Å²) in [6.45, 7) is 1.16. The van der Waals surface area contributed by atoms with Crippen LogP contribution in [-0.2, 0) is 31.1 Å². The predicted octanol–water partition coefficient (Wildman–Crippen LogP) is 0.435. The first kappa shape index (κ1) is 20.2. The zero-order chi connectivity index (χ0) is 21.2. The van der Waals surface area contributed by atoms with Gasteiger partial charge in [-0.05, 0) is 11.6 Å². The number of imide groups is 1. The molecule has 1 aliphatic rings. The van der Waals surface area contributed by atoms with Crippen LogP contribution in [0.2, 0.25) is 0 Å². The third-order valence-corrected chi connectivity index (χ3v) is 4.97. The number of aliphatic hydroxyl groups is 1. The molecule has 0 aromatic heterocycles. The minimum Gasteiger partial charge on any atom is -0.467 e. The Hall–Kier alpha value is -3.52. The van der Waals surface area contributed by atoms with Crippen molar-refractivity contribution in [2.45, 2.75) is 24.5 Å². The second kappa shape index (κ2) is 7.48. The maximum atomic E-state index is 13.1. The lowest BCUT2D eigenvalue weighted by Gasteiger charge is -2.46. The number of ether oxygens (including phenoxy) is 1. The van der Waals surface area contributed by atoms with E-state index in [4.69, 9.17) is 4.74 Å². The van der Waals surface area contributed by atoms with Crippen LogP contribution in [0.1, 0.15) is 28.4 Å². The molecule has 29 heavy (non-hydrogen) atoms. The van der Waals surface area contributed by atoms with Crippen LogP contribution in [0.15, 0.2) is 54.6 Å². The van der Waals surface area contributed by atoms with Crippen molar-refractivity contribution in [1.82, 2.24) is 10.6 Å². The number of nitrogens with one attached hydrogen (secondary N) is 2. The van der Waals surface area contributed by atoms with Crippen molar-refractivity contribution in [3.8, 4) is 0 Å². The lowest BCUT2D eigenvalue weighted by Crippen LogP contribution is -2.74. The molecule has 0 fully saturated rings. The van der Waals surface area contributed by atoms with Gasteiger partial charge in [0.15, 0.2) is 5.54 Å². The van der Waals surface area contributed by atoms with Crippen LogP contribution in [0.5, 0.6) is 0 Å². The number of hydrogen-bond acceptors (Lipinski definition) is 6. The molecule has 2 atom stereocenters. The molecule has 3 rings (SSSR count). The lowest BCUT2D eigenvalue weighted by atomic mass is 9.68. The van der Waals surface area contributed by atoms with Crippen LogP contribution < -0.4 is 10.6 Å². The second-order valence-corrected chi connectivity index (χ2v) is 6.78. The highest BCUT2D eigenvalue weighted by Gasteiger charge is 2.65. The van der Waals surface area contributed by atoms with Gasteiger partial charge in [0.25, 0.3) is 11.8 Å². The van der Waals surface area contributed by atoms with Crippen molar-refractivity contribution >= 4 is 23.7 Å². The molecule has 8 heteroatoms. The minimum absolute atomic E-state index is 0.0151. The quantitative estimate of drug-likeness (QED) is 0.498. The molecule has 0 spiro atoms. The predicted molar refractivity (Wildman–Crippen MR) is 102 cm³/mol. The Balaban J connectivity index is 2.33. The summed E-state index contributed by atoms with van der Waals surface area (Å²) in [7, 11) is 1.09. The molecule has 0 bridgehead atoms. The largest absolute Gasteiger partial charge is 0.467 e. The van der Waals surface area contributed by atoms with Crippen molar-refractivity contribution in [1.29, 1.82) is 0 Å². The van der Waals surface area contributed by atoms with Crippen molar-refractivity contribution in [2.75, 3.05) is 7.11 Å². The Labute approximate surface area is 166 Å². The molecule has 0 radical (unpaired) electrons. The summed E-state index contributed by atoms with van der Waals surface area (Å²) in [6, 6.07) is 14.4. The van der Waals surface area contributed by atoms with Gasteiger partial charge in [-0.25, -0.2) is 4.79 Å². The first-order chi connectivity index (χ1) is 13.8. The molecule has 0 aliphatic carbocycles. The van der Waals surface area contributed by atoms with E-state index in [0.717, 1.165) is 14.0 Å². The van der Waals surface area contributed by atoms with Gasteiger partial charge >= 0.3 is 5.97 Å². The average Bonchev–Trinajstić information content (AvgIpc) is 2.71. The van der Waals surface area contributed by atoms with Crippen molar-refractivity contribution in [2.24, 2.45) is 0 Å². The Morgan fingerprint density at radius 3 is 2.34 bits per heavy atom. The summed E-state index contributed by atoms with van der Waals surface area (Å²) in [6.07, 6.45) is -0.257. The highest BCUT2D eigenvalue weighted by atomic mass is 16.5. The van der Waals surface area contributed by atoms with Crippen LogP contribution in [0.4, 0.5) is 0 Å². The SMILES string of the molecule is COC(=O)[C@@](Cc1ccccc1)(NC(C)=O)[C@]1(O)C(=O)NC(=O)c2ccccc21. The number of methoxy groups -OCH3 is 1. The van der Waals surface area contributed by atoms with Gasteiger partial charge in [-0.3, -0.25) is 19.7 Å². The van der Waals surface area contributed by atoms with Crippen LogP contribution in [0.25, 0.3) is 0 Å². The lowest BCUT2D eigenvalue weighted by molar-refractivity contribution is -0.175. The summed E-state index contributed by atoms with van der Waals surface area (Å²) >= 11 is 0. The van der Waals surface area contributed by atoms with Gasteiger partial charge in [0, 0.05) is 24.5 Å². The molecule has 3 amide bonds. The third kappa shape index (κ3) is 3.17. The number of fused-ring (bicyclic) bond motifs is 1. The van der Waals surface area contributed by atoms with E-state index in [0.29, 0.717) is 5.56 Å². The molecule has 1 aliphatic heterocycles. The average molecular weight is 396 g/mol. The van der Waals surface area contributed by atoms with Crippen molar-refractivity contribution in [3.63, 3.8) is 0 Å². The normalized spacial score (nSPS) is 20.1. The number of rotatable bonds is 5. The standard InChI is InChI=1S/C21H20N2O6/c1-13(24)23-20(19(27)29-2,12-14-8-4-3-5-9-14)21(28)16-11-7-6-10-15(16)17(25)22-18(21)26/h3-11,28H,12H2,1-2H3,(H,23,24)(H,22,25,26)/t20-,21-/m1/s1. The molecule has 0 unspecified atom stereocenters. The number of carbonyl (C=O) groups excluding carboxylic acids is 4. The fraction of sp³-hybridized carbons (Fsp3) is 0.238. The van der Waals surface area contributed by atoms with Gasteiger partial charge in [0.2, 0.25) is 11.5 Å². The molecule has 8 nitrogen and oxygen atoms in total. The third-order valence-electron chi connectivity index (χ3n) is 4.97. The molecular weight excluding hydrogens is 376 g/mol. The molecule has 2 aromatic rings. The minimum atomic E-state index is -2.61. The summed E-state index contributed by atoms with van der Waals surface area (Å²) in [4.78, 5) is 50.4. The van der Waals surface area contributed by atoms with Crippen LogP contribution >= 0.6 is 0 Å². The van der Waals surface area contributed by atoms with Crippen LogP contribution in [-0.4, -0.2) is 41.4 Å². The Morgan fingerprint density at radius 1 is 1.10 bits per heavy atom. The van der Waals surface area contributed by atoms with E-state index in [9.17, 15) is 24.3 Å². The van der Waals surface area contributed by atoms with E-state index in [-0.39, 0.29) is 17.5 Å². The van der Waals surface area contributed by atoms with Gasteiger partial charge in [-0.2, -0.15) is 0 Å². The van der Waals surface area contributed by atoms with Gasteiger partial charge in [-0.15, -0.1) is 0 Å². The Bertz CT molecular complexity index is 990. The maximum Gasteiger partial charge on any atom is 0.335 e. The molecule has 3 N–H and O–H groups in total. The van der Waals surface area contributed by atoms with Gasteiger partial charge in [0.05, 0.1) is 7.11 Å². The number of amides is 3. The van der Waals surface area contributed by atoms with Crippen molar-refractivity contribution in [3.05, 3.63) is 71.3 Å². The van der Waals surface area contributed by atoms with Crippen LogP contribution in [0.3, 0.4) is 0 Å². The first-order valence-electron chi connectivity index (χ1n) is 8.85. The highest BCUT2D eigenvalue weighted by molar-refractivity contribution is 6.15. The topological polar surface area (TPSA) is 122 Å². The zero-order valence-corrected chi connectivity index (χ0v) is 15.9. The number of benzene rings is 2. The van der Waals surface area contributed by atoms with E-state index in [1.807, 2.05) is 0 Å². The molecular formula is C21H20N2O6. The summed E-state index contributed by atoms with van der Waals surface area (Å²) in [5.41, 5.74) is -4.35. The Kier molecular flexibility index (Phi) is 5.21. The first-order valence-corrected chi connectivity index (χ1v) is 8.85. The zero-order valence-electron chi connectivity index (χ0n) is 15.9. The summed E-state index contributed by atoms with van der Waals surface area (Å²) < 4.78 is 4.92. The second-order valence-electron chi connectivity index (χ2n) is 6.78. The summed E-state index contributed by atoms with van der Waals surface area (Å²) in [5, 5.41) is 16.3. The fourth-order valence-corrected chi connectivity index (χ4v) is 3.71. The monoisotopic (exact) mass is 396 g/mol. The van der Waals surface area contributed by atoms with E-state index in [1.54, 1.807) is 36.4 Å². The van der Waals surface area contributed by atoms with Gasteiger partial charge < -0.3 is 15.2 Å². The molecule has 0 saturated heterocycles. The molecule has 150 valence electrons. The highest BCUT2D eigenvalue weighted by Crippen LogP contribution is 2.41. The molecule has 2 aromatic carbocycles.